The SMILES string of the molecule is OC1COc2ccc(Cl)cc2C1c1ccccc1. The Morgan fingerprint density at radius 2 is 1.89 bits per heavy atom. The molecular formula is C15H13ClO2. The fourth-order valence-corrected chi connectivity index (χ4v) is 2.62. The monoisotopic (exact) mass is 260 g/mol. The summed E-state index contributed by atoms with van der Waals surface area (Å²) in [5.74, 6) is 0.729. The molecule has 92 valence electrons. The van der Waals surface area contributed by atoms with E-state index in [1.165, 1.54) is 0 Å². The molecule has 3 rings (SSSR count). The maximum Gasteiger partial charge on any atom is 0.123 e. The zero-order chi connectivity index (χ0) is 12.5. The molecule has 0 amide bonds. The molecule has 0 radical (unpaired) electrons. The van der Waals surface area contributed by atoms with Gasteiger partial charge in [-0.15, -0.1) is 0 Å². The number of hydrogen-bond donors (Lipinski definition) is 1. The first kappa shape index (κ1) is 11.6. The second kappa shape index (κ2) is 4.63. The van der Waals surface area contributed by atoms with Crippen molar-refractivity contribution in [3.63, 3.8) is 0 Å². The second-order valence-electron chi connectivity index (χ2n) is 4.45. The normalized spacial score (nSPS) is 22.1. The van der Waals surface area contributed by atoms with Gasteiger partial charge in [0.05, 0.1) is 6.10 Å². The summed E-state index contributed by atoms with van der Waals surface area (Å²) in [7, 11) is 0. The lowest BCUT2D eigenvalue weighted by Gasteiger charge is -2.31. The summed E-state index contributed by atoms with van der Waals surface area (Å²) in [5, 5.41) is 10.9. The molecule has 18 heavy (non-hydrogen) atoms. The molecule has 0 fully saturated rings. The average Bonchev–Trinajstić information content (AvgIpc) is 2.39. The Balaban J connectivity index is 2.12. The second-order valence-corrected chi connectivity index (χ2v) is 4.89. The summed E-state index contributed by atoms with van der Waals surface area (Å²) in [6.07, 6.45) is -0.543. The van der Waals surface area contributed by atoms with E-state index in [0.717, 1.165) is 16.9 Å². The van der Waals surface area contributed by atoms with E-state index in [-0.39, 0.29) is 5.92 Å². The lowest BCUT2D eigenvalue weighted by molar-refractivity contribution is 0.0771. The molecule has 3 heteroatoms. The Kier molecular flexibility index (Phi) is 2.98. The van der Waals surface area contributed by atoms with Crippen LogP contribution in [0.4, 0.5) is 0 Å². The van der Waals surface area contributed by atoms with Crippen LogP contribution in [0.5, 0.6) is 5.75 Å². The Morgan fingerprint density at radius 3 is 2.67 bits per heavy atom. The van der Waals surface area contributed by atoms with Crippen molar-refractivity contribution in [3.05, 3.63) is 64.7 Å². The molecule has 0 saturated heterocycles. The third kappa shape index (κ3) is 1.98. The zero-order valence-electron chi connectivity index (χ0n) is 9.71. The van der Waals surface area contributed by atoms with Gasteiger partial charge in [0, 0.05) is 16.5 Å². The van der Waals surface area contributed by atoms with Gasteiger partial charge in [-0.25, -0.2) is 0 Å². The molecule has 0 spiro atoms. The lowest BCUT2D eigenvalue weighted by atomic mass is 9.85. The molecule has 2 aromatic rings. The highest BCUT2D eigenvalue weighted by molar-refractivity contribution is 6.30. The van der Waals surface area contributed by atoms with Gasteiger partial charge in [0.2, 0.25) is 0 Å². The van der Waals surface area contributed by atoms with Crippen molar-refractivity contribution in [2.24, 2.45) is 0 Å². The van der Waals surface area contributed by atoms with Gasteiger partial charge >= 0.3 is 0 Å². The third-order valence-electron chi connectivity index (χ3n) is 3.26. The van der Waals surface area contributed by atoms with E-state index in [4.69, 9.17) is 16.3 Å². The van der Waals surface area contributed by atoms with Crippen LogP contribution in [0.2, 0.25) is 5.02 Å². The number of ether oxygens (including phenoxy) is 1. The number of rotatable bonds is 1. The molecule has 2 aromatic carbocycles. The van der Waals surface area contributed by atoms with Gasteiger partial charge in [-0.3, -0.25) is 0 Å². The fourth-order valence-electron chi connectivity index (χ4n) is 2.43. The number of hydrogen-bond acceptors (Lipinski definition) is 2. The van der Waals surface area contributed by atoms with Crippen molar-refractivity contribution in [2.45, 2.75) is 12.0 Å². The van der Waals surface area contributed by atoms with Gasteiger partial charge in [-0.1, -0.05) is 41.9 Å². The molecule has 2 nitrogen and oxygen atoms in total. The van der Waals surface area contributed by atoms with E-state index < -0.39 is 6.10 Å². The minimum atomic E-state index is -0.543. The lowest BCUT2D eigenvalue weighted by Crippen LogP contribution is -2.31. The highest BCUT2D eigenvalue weighted by Gasteiger charge is 2.30. The van der Waals surface area contributed by atoms with Crippen LogP contribution in [0.25, 0.3) is 0 Å². The number of aliphatic hydroxyl groups is 1. The average molecular weight is 261 g/mol. The maximum atomic E-state index is 10.2. The van der Waals surface area contributed by atoms with E-state index in [2.05, 4.69) is 0 Å². The van der Waals surface area contributed by atoms with Gasteiger partial charge < -0.3 is 9.84 Å². The molecule has 2 atom stereocenters. The van der Waals surface area contributed by atoms with Crippen LogP contribution in [0, 0.1) is 0 Å². The van der Waals surface area contributed by atoms with Gasteiger partial charge in [-0.2, -0.15) is 0 Å². The van der Waals surface area contributed by atoms with Crippen molar-refractivity contribution in [2.75, 3.05) is 6.61 Å². The first-order valence-electron chi connectivity index (χ1n) is 5.91. The van der Waals surface area contributed by atoms with E-state index in [1.807, 2.05) is 42.5 Å². The van der Waals surface area contributed by atoms with Crippen molar-refractivity contribution in [3.8, 4) is 5.75 Å². The zero-order valence-corrected chi connectivity index (χ0v) is 10.5. The first-order chi connectivity index (χ1) is 8.75. The molecule has 1 aliphatic heterocycles. The van der Waals surface area contributed by atoms with Crippen LogP contribution in [0.15, 0.2) is 48.5 Å². The van der Waals surface area contributed by atoms with Crippen molar-refractivity contribution >= 4 is 11.6 Å². The summed E-state index contributed by atoms with van der Waals surface area (Å²) in [4.78, 5) is 0. The molecule has 0 aliphatic carbocycles. The topological polar surface area (TPSA) is 29.5 Å². The highest BCUT2D eigenvalue weighted by atomic mass is 35.5. The molecule has 2 unspecified atom stereocenters. The van der Waals surface area contributed by atoms with Crippen molar-refractivity contribution < 1.29 is 9.84 Å². The number of aliphatic hydroxyl groups excluding tert-OH is 1. The summed E-state index contributed by atoms with van der Waals surface area (Å²) in [5.41, 5.74) is 2.03. The maximum absolute atomic E-state index is 10.2. The molecule has 1 aliphatic rings. The molecule has 0 aromatic heterocycles. The standard InChI is InChI=1S/C15H13ClO2/c16-11-6-7-14-12(8-11)15(13(17)9-18-14)10-4-2-1-3-5-10/h1-8,13,15,17H,9H2. The van der Waals surface area contributed by atoms with E-state index in [0.29, 0.717) is 11.6 Å². The molecule has 1 heterocycles. The van der Waals surface area contributed by atoms with Crippen LogP contribution in [0.1, 0.15) is 17.0 Å². The fraction of sp³-hybridized carbons (Fsp3) is 0.200. The quantitative estimate of drug-likeness (QED) is 0.853. The minimum absolute atomic E-state index is 0.0753. The Morgan fingerprint density at radius 1 is 1.11 bits per heavy atom. The number of fused-ring (bicyclic) bond motifs is 1. The number of benzene rings is 2. The third-order valence-corrected chi connectivity index (χ3v) is 3.50. The van der Waals surface area contributed by atoms with Gasteiger partial charge in [-0.05, 0) is 23.8 Å². The Bertz CT molecular complexity index is 554. The smallest absolute Gasteiger partial charge is 0.123 e. The van der Waals surface area contributed by atoms with Crippen LogP contribution >= 0.6 is 11.6 Å². The largest absolute Gasteiger partial charge is 0.491 e. The van der Waals surface area contributed by atoms with E-state index in [1.54, 1.807) is 6.07 Å². The van der Waals surface area contributed by atoms with Crippen LogP contribution < -0.4 is 4.74 Å². The summed E-state index contributed by atoms with van der Waals surface area (Å²) >= 11 is 6.04. The Labute approximate surface area is 111 Å². The van der Waals surface area contributed by atoms with Crippen LogP contribution in [-0.4, -0.2) is 17.8 Å². The molecule has 0 bridgehead atoms. The summed E-state index contributed by atoms with van der Waals surface area (Å²) < 4.78 is 5.53. The van der Waals surface area contributed by atoms with Gasteiger partial charge in [0.15, 0.2) is 0 Å². The van der Waals surface area contributed by atoms with Crippen molar-refractivity contribution in [1.29, 1.82) is 0 Å². The van der Waals surface area contributed by atoms with Gasteiger partial charge in [0.1, 0.15) is 12.4 Å². The van der Waals surface area contributed by atoms with Crippen LogP contribution in [0.3, 0.4) is 0 Å². The molecule has 0 saturated carbocycles. The summed E-state index contributed by atoms with van der Waals surface area (Å²) in [6, 6.07) is 15.5. The van der Waals surface area contributed by atoms with E-state index >= 15 is 0 Å². The Hall–Kier alpha value is -1.51. The molecule has 1 N–H and O–H groups in total. The predicted molar refractivity (Wildman–Crippen MR) is 71.2 cm³/mol. The molecular weight excluding hydrogens is 248 g/mol. The van der Waals surface area contributed by atoms with Crippen LogP contribution in [-0.2, 0) is 0 Å². The first-order valence-corrected chi connectivity index (χ1v) is 6.29. The minimum Gasteiger partial charge on any atom is -0.491 e. The highest BCUT2D eigenvalue weighted by Crippen LogP contribution is 2.39. The summed E-state index contributed by atoms with van der Waals surface area (Å²) in [6.45, 7) is 0.314. The number of halogens is 1. The van der Waals surface area contributed by atoms with Crippen molar-refractivity contribution in [1.82, 2.24) is 0 Å². The van der Waals surface area contributed by atoms with E-state index in [9.17, 15) is 5.11 Å². The van der Waals surface area contributed by atoms with Gasteiger partial charge in [0.25, 0.3) is 0 Å². The predicted octanol–water partition coefficient (Wildman–Crippen LogP) is 3.23.